The van der Waals surface area contributed by atoms with Crippen LogP contribution in [0.1, 0.15) is 138 Å². The second-order valence-corrected chi connectivity index (χ2v) is 15.2. The van der Waals surface area contributed by atoms with Gasteiger partial charge in [-0.05, 0) is 75.6 Å². The van der Waals surface area contributed by atoms with Crippen molar-refractivity contribution in [2.45, 2.75) is 112 Å². The molecule has 0 aromatic heterocycles. The number of hydrogen-bond donors (Lipinski definition) is 1. The van der Waals surface area contributed by atoms with Gasteiger partial charge < -0.3 is 9.08 Å². The topological polar surface area (TPSA) is 78.9 Å². The van der Waals surface area contributed by atoms with Crippen LogP contribution in [0.25, 0.3) is 0 Å². The van der Waals surface area contributed by atoms with Gasteiger partial charge in [0.25, 0.3) is 0 Å². The fraction of sp³-hybridized carbons (Fsp3) is 0.629. The Bertz CT molecular complexity index is 1310. The monoisotopic (exact) mass is 613 g/mol. The molecule has 2 aromatic rings. The lowest BCUT2D eigenvalue weighted by molar-refractivity contribution is -0.118. The van der Waals surface area contributed by atoms with E-state index in [9.17, 15) is 13.2 Å². The number of amides is 1. The Labute approximate surface area is 261 Å². The molecule has 2 aromatic carbocycles. The van der Waals surface area contributed by atoms with Crippen LogP contribution in [0.5, 0.6) is 5.75 Å². The first-order valence-electron chi connectivity index (χ1n) is 16.0. The molecule has 0 radical (unpaired) electrons. The van der Waals surface area contributed by atoms with Gasteiger partial charge >= 0.3 is 10.3 Å². The van der Waals surface area contributed by atoms with E-state index in [-0.39, 0.29) is 30.1 Å². The molecule has 0 atom stereocenters. The van der Waals surface area contributed by atoms with E-state index in [0.717, 1.165) is 66.1 Å². The molecule has 1 aliphatic rings. The second-order valence-electron chi connectivity index (χ2n) is 13.9. The van der Waals surface area contributed by atoms with Crippen LogP contribution in [0.4, 0.5) is 0 Å². The summed E-state index contributed by atoms with van der Waals surface area (Å²) in [5, 5.41) is 0. The van der Waals surface area contributed by atoms with E-state index in [1.54, 1.807) is 0 Å². The highest BCUT2D eigenvalue weighted by Crippen LogP contribution is 2.37. The fourth-order valence-electron chi connectivity index (χ4n) is 5.82. The van der Waals surface area contributed by atoms with E-state index in [4.69, 9.17) is 4.18 Å². The number of rotatable bonds is 12. The highest BCUT2D eigenvalue weighted by molar-refractivity contribution is 7.85. The zero-order chi connectivity index (χ0) is 32.2. The number of carbonyl (C=O) groups excluding carboxylic acids is 1. The summed E-state index contributed by atoms with van der Waals surface area (Å²) < 4.78 is 34.8. The third-order valence-electron chi connectivity index (χ3n) is 8.47. The summed E-state index contributed by atoms with van der Waals surface area (Å²) in [7, 11) is -2.27. The number of likely N-dealkylation sites (N-methyl/N-ethyl adjacent to an activating group) is 1. The fourth-order valence-corrected chi connectivity index (χ4v) is 6.63. The lowest BCUT2D eigenvalue weighted by atomic mass is 9.83. The quantitative estimate of drug-likeness (QED) is 0.277. The highest BCUT2D eigenvalue weighted by atomic mass is 32.2. The van der Waals surface area contributed by atoms with Gasteiger partial charge in [0.15, 0.2) is 5.75 Å². The Balaban J connectivity index is 1.90. The van der Waals surface area contributed by atoms with Crippen LogP contribution in [-0.2, 0) is 28.1 Å². The number of benzene rings is 2. The predicted molar refractivity (Wildman–Crippen MR) is 177 cm³/mol. The SMILES string of the molecule is CC(C)c1cc(C(C)C)c(CC(=O)NS(=O)(=O)Oc2c(C(C)C)cc(CN3CCN(C)CC3)cc2C(C)C)c(C(C)C)c1. The van der Waals surface area contributed by atoms with Gasteiger partial charge in [-0.1, -0.05) is 93.5 Å². The molecule has 1 amide bonds. The Morgan fingerprint density at radius 1 is 0.744 bits per heavy atom. The minimum Gasteiger partial charge on any atom is -0.366 e. The molecule has 3 rings (SSSR count). The van der Waals surface area contributed by atoms with Crippen molar-refractivity contribution in [3.8, 4) is 5.75 Å². The Morgan fingerprint density at radius 3 is 1.63 bits per heavy atom. The van der Waals surface area contributed by atoms with Crippen LogP contribution in [0, 0.1) is 0 Å². The van der Waals surface area contributed by atoms with Crippen LogP contribution in [-0.4, -0.2) is 57.4 Å². The molecule has 0 spiro atoms. The maximum atomic E-state index is 13.4. The molecular weight excluding hydrogens is 558 g/mol. The standard InChI is InChI=1S/C35H55N3O4S/c1-22(2)28-18-29(23(3)4)33(30(19-28)24(5)6)20-34(39)36-43(40,41)42-35-31(25(7)8)16-27(17-32(35)26(9)10)21-38-14-12-37(11)13-15-38/h16-19,22-26H,12-15,20-21H2,1-11H3,(H,36,39). The molecule has 1 fully saturated rings. The Kier molecular flexibility index (Phi) is 11.9. The van der Waals surface area contributed by atoms with E-state index in [1.807, 2.05) is 27.7 Å². The minimum atomic E-state index is -4.42. The van der Waals surface area contributed by atoms with E-state index in [1.165, 1.54) is 5.56 Å². The van der Waals surface area contributed by atoms with Gasteiger partial charge in [-0.3, -0.25) is 9.69 Å². The largest absolute Gasteiger partial charge is 0.409 e. The van der Waals surface area contributed by atoms with Crippen molar-refractivity contribution in [1.82, 2.24) is 14.5 Å². The van der Waals surface area contributed by atoms with Gasteiger partial charge in [0.2, 0.25) is 5.91 Å². The molecule has 7 nitrogen and oxygen atoms in total. The lowest BCUT2D eigenvalue weighted by Crippen LogP contribution is -2.43. The summed E-state index contributed by atoms with van der Waals surface area (Å²) in [5.74, 6) is 0.547. The van der Waals surface area contributed by atoms with Crippen LogP contribution in [0.15, 0.2) is 24.3 Å². The molecule has 0 saturated carbocycles. The summed E-state index contributed by atoms with van der Waals surface area (Å²) in [6.07, 6.45) is -0.0277. The van der Waals surface area contributed by atoms with Gasteiger partial charge in [0, 0.05) is 32.7 Å². The molecule has 1 aliphatic heterocycles. The molecule has 240 valence electrons. The molecule has 8 heteroatoms. The summed E-state index contributed by atoms with van der Waals surface area (Å²) >= 11 is 0. The van der Waals surface area contributed by atoms with E-state index < -0.39 is 16.2 Å². The molecule has 0 aliphatic carbocycles. The number of piperazine rings is 1. The van der Waals surface area contributed by atoms with E-state index in [0.29, 0.717) is 11.7 Å². The van der Waals surface area contributed by atoms with Crippen molar-refractivity contribution < 1.29 is 17.4 Å². The summed E-state index contributed by atoms with van der Waals surface area (Å²) in [6, 6.07) is 8.48. The van der Waals surface area contributed by atoms with Crippen molar-refractivity contribution in [2.24, 2.45) is 0 Å². The first-order chi connectivity index (χ1) is 20.0. The predicted octanol–water partition coefficient (Wildman–Crippen LogP) is 7.03. The average molecular weight is 614 g/mol. The number of hydrogen-bond acceptors (Lipinski definition) is 6. The summed E-state index contributed by atoms with van der Waals surface area (Å²) in [5.41, 5.74) is 7.13. The molecule has 1 N–H and O–H groups in total. The van der Waals surface area contributed by atoms with Crippen molar-refractivity contribution in [1.29, 1.82) is 0 Å². The number of carbonyl (C=O) groups is 1. The molecule has 1 saturated heterocycles. The normalized spacial score (nSPS) is 15.3. The minimum absolute atomic E-state index is 0.0277. The highest BCUT2D eigenvalue weighted by Gasteiger charge is 2.27. The van der Waals surface area contributed by atoms with Gasteiger partial charge in [-0.15, -0.1) is 0 Å². The number of nitrogens with one attached hydrogen (secondary N) is 1. The Morgan fingerprint density at radius 2 is 1.21 bits per heavy atom. The van der Waals surface area contributed by atoms with Crippen molar-refractivity contribution in [3.05, 3.63) is 63.2 Å². The number of nitrogens with zero attached hydrogens (tertiary/aromatic N) is 2. The Hall–Kier alpha value is -2.42. The van der Waals surface area contributed by atoms with Crippen LogP contribution in [0.2, 0.25) is 0 Å². The maximum absolute atomic E-state index is 13.4. The third-order valence-corrected chi connectivity index (χ3v) is 9.34. The molecular formula is C35H55N3O4S. The smallest absolute Gasteiger partial charge is 0.366 e. The average Bonchev–Trinajstić information content (AvgIpc) is 2.89. The van der Waals surface area contributed by atoms with Crippen molar-refractivity contribution in [3.63, 3.8) is 0 Å². The van der Waals surface area contributed by atoms with Crippen LogP contribution >= 0.6 is 0 Å². The first-order valence-corrected chi connectivity index (χ1v) is 17.4. The molecule has 1 heterocycles. The van der Waals surface area contributed by atoms with E-state index in [2.05, 4.69) is 87.4 Å². The van der Waals surface area contributed by atoms with Crippen LogP contribution in [0.3, 0.4) is 0 Å². The molecule has 0 unspecified atom stereocenters. The van der Waals surface area contributed by atoms with Crippen molar-refractivity contribution >= 4 is 16.2 Å². The van der Waals surface area contributed by atoms with Crippen LogP contribution < -0.4 is 8.91 Å². The third kappa shape index (κ3) is 9.29. The van der Waals surface area contributed by atoms with E-state index >= 15 is 0 Å². The lowest BCUT2D eigenvalue weighted by Gasteiger charge is -2.32. The summed E-state index contributed by atoms with van der Waals surface area (Å²) in [4.78, 5) is 18.1. The van der Waals surface area contributed by atoms with Gasteiger partial charge in [0.1, 0.15) is 0 Å². The zero-order valence-electron chi connectivity index (χ0n) is 28.4. The van der Waals surface area contributed by atoms with Gasteiger partial charge in [0.05, 0.1) is 6.42 Å². The first kappa shape index (κ1) is 35.1. The second kappa shape index (κ2) is 14.6. The molecule has 0 bridgehead atoms. The maximum Gasteiger partial charge on any atom is 0.409 e. The van der Waals surface area contributed by atoms with Gasteiger partial charge in [-0.2, -0.15) is 8.42 Å². The zero-order valence-corrected chi connectivity index (χ0v) is 29.2. The van der Waals surface area contributed by atoms with Gasteiger partial charge in [-0.25, -0.2) is 4.72 Å². The molecule has 43 heavy (non-hydrogen) atoms. The van der Waals surface area contributed by atoms with Crippen molar-refractivity contribution in [2.75, 3.05) is 33.2 Å². The summed E-state index contributed by atoms with van der Waals surface area (Å²) in [6.45, 7) is 25.8.